The molecule has 0 saturated heterocycles. The molecular formula is C22H21ClN2O6S. The number of para-hydroxylation sites is 2. The van der Waals surface area contributed by atoms with Crippen molar-refractivity contribution in [2.24, 2.45) is 0 Å². The highest BCUT2D eigenvalue weighted by Crippen LogP contribution is 2.31. The molecule has 1 amide bonds. The highest BCUT2D eigenvalue weighted by atomic mass is 35.5. The zero-order valence-electron chi connectivity index (χ0n) is 17.5. The molecule has 0 fully saturated rings. The molecule has 3 rings (SSSR count). The quantitative estimate of drug-likeness (QED) is 0.499. The van der Waals surface area contributed by atoms with Crippen molar-refractivity contribution in [1.29, 1.82) is 0 Å². The normalized spacial score (nSPS) is 10.9. The van der Waals surface area contributed by atoms with E-state index in [1.165, 1.54) is 39.5 Å². The molecule has 0 atom stereocenters. The number of methoxy groups -OCH3 is 3. The van der Waals surface area contributed by atoms with Gasteiger partial charge in [-0.3, -0.25) is 9.52 Å². The van der Waals surface area contributed by atoms with Crippen LogP contribution in [0.5, 0.6) is 17.2 Å². The minimum atomic E-state index is -4.10. The fraction of sp³-hybridized carbons (Fsp3) is 0.136. The van der Waals surface area contributed by atoms with Gasteiger partial charge in [0.2, 0.25) is 0 Å². The third-order valence-electron chi connectivity index (χ3n) is 4.48. The Hall–Kier alpha value is -3.43. The number of hydrogen-bond acceptors (Lipinski definition) is 6. The second kappa shape index (κ2) is 9.80. The van der Waals surface area contributed by atoms with Crippen molar-refractivity contribution in [2.45, 2.75) is 4.90 Å². The van der Waals surface area contributed by atoms with Gasteiger partial charge in [0.25, 0.3) is 15.9 Å². The van der Waals surface area contributed by atoms with Gasteiger partial charge in [-0.1, -0.05) is 23.7 Å². The van der Waals surface area contributed by atoms with Gasteiger partial charge >= 0.3 is 0 Å². The maximum atomic E-state index is 13.0. The topological polar surface area (TPSA) is 103 Å². The van der Waals surface area contributed by atoms with Crippen LogP contribution in [0, 0.1) is 0 Å². The number of halogens is 1. The third kappa shape index (κ3) is 5.06. The van der Waals surface area contributed by atoms with Gasteiger partial charge in [-0.15, -0.1) is 0 Å². The maximum Gasteiger partial charge on any atom is 0.263 e. The molecule has 0 aliphatic rings. The predicted molar refractivity (Wildman–Crippen MR) is 123 cm³/mol. The Morgan fingerprint density at radius 3 is 2.22 bits per heavy atom. The molecule has 32 heavy (non-hydrogen) atoms. The van der Waals surface area contributed by atoms with Crippen LogP contribution in [-0.4, -0.2) is 35.7 Å². The van der Waals surface area contributed by atoms with Gasteiger partial charge in [0.15, 0.2) is 11.5 Å². The third-order valence-corrected chi connectivity index (χ3v) is 6.32. The summed E-state index contributed by atoms with van der Waals surface area (Å²) in [5.41, 5.74) is 0.787. The number of anilines is 2. The van der Waals surface area contributed by atoms with E-state index in [0.717, 1.165) is 0 Å². The van der Waals surface area contributed by atoms with Crippen molar-refractivity contribution >= 4 is 38.9 Å². The lowest BCUT2D eigenvalue weighted by atomic mass is 10.2. The van der Waals surface area contributed by atoms with Crippen LogP contribution in [0.4, 0.5) is 11.4 Å². The van der Waals surface area contributed by atoms with E-state index >= 15 is 0 Å². The summed E-state index contributed by atoms with van der Waals surface area (Å²) < 4.78 is 44.0. The summed E-state index contributed by atoms with van der Waals surface area (Å²) in [4.78, 5) is 12.5. The van der Waals surface area contributed by atoms with Gasteiger partial charge in [-0.2, -0.15) is 0 Å². The molecule has 0 saturated carbocycles. The average molecular weight is 477 g/mol. The molecule has 0 aromatic heterocycles. The molecule has 0 radical (unpaired) electrons. The second-order valence-electron chi connectivity index (χ2n) is 6.47. The summed E-state index contributed by atoms with van der Waals surface area (Å²) in [6, 6.07) is 15.4. The average Bonchev–Trinajstić information content (AvgIpc) is 2.79. The zero-order chi connectivity index (χ0) is 23.3. The van der Waals surface area contributed by atoms with Crippen LogP contribution in [0.1, 0.15) is 10.4 Å². The Morgan fingerprint density at radius 2 is 1.53 bits per heavy atom. The fourth-order valence-corrected chi connectivity index (χ4v) is 4.49. The van der Waals surface area contributed by atoms with Gasteiger partial charge in [-0.25, -0.2) is 8.42 Å². The summed E-state index contributed by atoms with van der Waals surface area (Å²) >= 11 is 6.15. The Kier molecular flexibility index (Phi) is 7.12. The molecule has 0 bridgehead atoms. The monoisotopic (exact) mass is 476 g/mol. The van der Waals surface area contributed by atoms with Crippen molar-refractivity contribution in [2.75, 3.05) is 31.4 Å². The Bertz CT molecular complexity index is 1250. The van der Waals surface area contributed by atoms with Crippen LogP contribution < -0.4 is 24.2 Å². The summed E-state index contributed by atoms with van der Waals surface area (Å²) in [5, 5.41) is 2.67. The van der Waals surface area contributed by atoms with Crippen LogP contribution in [0.15, 0.2) is 65.6 Å². The lowest BCUT2D eigenvalue weighted by Gasteiger charge is -2.14. The first-order valence-electron chi connectivity index (χ1n) is 9.28. The van der Waals surface area contributed by atoms with Crippen LogP contribution in [0.2, 0.25) is 5.02 Å². The highest BCUT2D eigenvalue weighted by molar-refractivity contribution is 7.92. The Morgan fingerprint density at radius 1 is 0.844 bits per heavy atom. The van der Waals surface area contributed by atoms with Crippen molar-refractivity contribution in [1.82, 2.24) is 0 Å². The van der Waals surface area contributed by atoms with Crippen LogP contribution in [0.25, 0.3) is 0 Å². The smallest absolute Gasteiger partial charge is 0.263 e. The summed E-state index contributed by atoms with van der Waals surface area (Å²) in [7, 11) is 0.312. The van der Waals surface area contributed by atoms with Crippen LogP contribution in [-0.2, 0) is 10.0 Å². The lowest BCUT2D eigenvalue weighted by Crippen LogP contribution is -2.17. The van der Waals surface area contributed by atoms with E-state index in [9.17, 15) is 13.2 Å². The number of nitrogens with one attached hydrogen (secondary N) is 2. The van der Waals surface area contributed by atoms with Crippen molar-refractivity contribution in [3.8, 4) is 17.2 Å². The van der Waals surface area contributed by atoms with Crippen molar-refractivity contribution < 1.29 is 27.4 Å². The van der Waals surface area contributed by atoms with E-state index in [-0.39, 0.29) is 21.2 Å². The molecule has 0 unspecified atom stereocenters. The van der Waals surface area contributed by atoms with E-state index in [0.29, 0.717) is 22.9 Å². The molecule has 0 aliphatic heterocycles. The van der Waals surface area contributed by atoms with Gasteiger partial charge in [0.05, 0.1) is 32.0 Å². The molecule has 2 N–H and O–H groups in total. The van der Waals surface area contributed by atoms with Gasteiger partial charge in [-0.05, 0) is 42.5 Å². The molecule has 0 heterocycles. The second-order valence-corrected chi connectivity index (χ2v) is 8.53. The molecular weight excluding hydrogens is 456 g/mol. The molecule has 3 aromatic rings. The minimum Gasteiger partial charge on any atom is -0.495 e. The van der Waals surface area contributed by atoms with Crippen LogP contribution >= 0.6 is 11.6 Å². The van der Waals surface area contributed by atoms with E-state index in [4.69, 9.17) is 25.8 Å². The summed E-state index contributed by atoms with van der Waals surface area (Å²) in [6.45, 7) is 0. The number of carbonyl (C=O) groups is 1. The van der Waals surface area contributed by atoms with Gasteiger partial charge in [0, 0.05) is 17.3 Å². The number of rotatable bonds is 8. The number of sulfonamides is 1. The summed E-state index contributed by atoms with van der Waals surface area (Å²) in [6.07, 6.45) is 0. The van der Waals surface area contributed by atoms with E-state index in [1.807, 2.05) is 0 Å². The number of ether oxygens (including phenoxy) is 3. The Balaban J connectivity index is 1.88. The molecule has 8 nitrogen and oxygen atoms in total. The molecule has 168 valence electrons. The number of amides is 1. The van der Waals surface area contributed by atoms with Crippen molar-refractivity contribution in [3.63, 3.8) is 0 Å². The summed E-state index contributed by atoms with van der Waals surface area (Å²) in [5.74, 6) is 0.760. The lowest BCUT2D eigenvalue weighted by molar-refractivity contribution is 0.102. The van der Waals surface area contributed by atoms with Gasteiger partial charge < -0.3 is 19.5 Å². The predicted octanol–water partition coefficient (Wildman–Crippen LogP) is 4.42. The molecule has 10 heteroatoms. The van der Waals surface area contributed by atoms with Crippen molar-refractivity contribution in [3.05, 3.63) is 71.2 Å². The van der Waals surface area contributed by atoms with Gasteiger partial charge in [0.1, 0.15) is 10.6 Å². The number of hydrogen-bond donors (Lipinski definition) is 2. The highest BCUT2D eigenvalue weighted by Gasteiger charge is 2.22. The SMILES string of the molecule is COc1ccccc1NS(=O)(=O)c1cc(C(=O)Nc2ccc(OC)c(OC)c2)ccc1Cl. The Labute approximate surface area is 191 Å². The van der Waals surface area contributed by atoms with E-state index in [1.54, 1.807) is 42.5 Å². The first-order valence-corrected chi connectivity index (χ1v) is 11.1. The maximum absolute atomic E-state index is 13.0. The fourth-order valence-electron chi connectivity index (χ4n) is 2.90. The standard InChI is InChI=1S/C22H21ClN2O6S/c1-29-18-7-5-4-6-17(18)25-32(27,28)21-12-14(8-10-16(21)23)22(26)24-15-9-11-19(30-2)20(13-15)31-3/h4-13,25H,1-3H3,(H,24,26). The first-order chi connectivity index (χ1) is 15.3. The van der Waals surface area contributed by atoms with E-state index in [2.05, 4.69) is 10.0 Å². The molecule has 0 spiro atoms. The molecule has 0 aliphatic carbocycles. The number of carbonyl (C=O) groups excluding carboxylic acids is 1. The largest absolute Gasteiger partial charge is 0.495 e. The zero-order valence-corrected chi connectivity index (χ0v) is 19.1. The first kappa shape index (κ1) is 23.2. The van der Waals surface area contributed by atoms with Crippen LogP contribution in [0.3, 0.4) is 0 Å². The number of benzene rings is 3. The molecule has 3 aromatic carbocycles. The minimum absolute atomic E-state index is 0.0323. The van der Waals surface area contributed by atoms with E-state index < -0.39 is 15.9 Å².